The van der Waals surface area contributed by atoms with Gasteiger partial charge in [0.2, 0.25) is 0 Å². The first kappa shape index (κ1) is 25.2. The molecule has 6 atom stereocenters. The molecule has 1 aliphatic rings. The minimum atomic E-state index is -5.73. The first-order valence-corrected chi connectivity index (χ1v) is 12.1. The van der Waals surface area contributed by atoms with Crippen LogP contribution in [0.5, 0.6) is 0 Å². The average molecular weight is 497 g/mol. The van der Waals surface area contributed by atoms with Crippen LogP contribution in [0.1, 0.15) is 13.2 Å². The van der Waals surface area contributed by atoms with E-state index in [-0.39, 0.29) is 5.82 Å². The maximum atomic E-state index is 11.9. The number of aliphatic hydroxyl groups is 2. The Hall–Kier alpha value is -1.03. The summed E-state index contributed by atoms with van der Waals surface area (Å²) in [6.45, 7) is 0.0462. The summed E-state index contributed by atoms with van der Waals surface area (Å²) in [5.41, 5.74) is 2.28. The summed E-state index contributed by atoms with van der Waals surface area (Å²) < 4.78 is 51.1. The predicted octanol–water partition coefficient (Wildman–Crippen LogP) is -1.82. The Morgan fingerprint density at radius 3 is 2.37 bits per heavy atom. The van der Waals surface area contributed by atoms with Gasteiger partial charge in [0.15, 0.2) is 6.23 Å². The van der Waals surface area contributed by atoms with Gasteiger partial charge in [0.05, 0.1) is 6.61 Å². The molecule has 1 aromatic rings. The van der Waals surface area contributed by atoms with E-state index in [0.717, 1.165) is 17.7 Å². The van der Waals surface area contributed by atoms with Gasteiger partial charge in [-0.25, -0.2) is 18.5 Å². The van der Waals surface area contributed by atoms with Gasteiger partial charge in [-0.15, -0.1) is 0 Å². The Morgan fingerprint density at radius 2 is 1.83 bits per heavy atom. The molecule has 2 rings (SSSR count). The zero-order valence-electron chi connectivity index (χ0n) is 14.9. The van der Waals surface area contributed by atoms with Gasteiger partial charge >= 0.3 is 29.2 Å². The Balaban J connectivity index is 2.12. The van der Waals surface area contributed by atoms with Crippen LogP contribution in [0.15, 0.2) is 17.1 Å². The van der Waals surface area contributed by atoms with E-state index in [1.165, 1.54) is 6.07 Å². The number of hydrogen-bond acceptors (Lipinski definition) is 12. The predicted molar refractivity (Wildman–Crippen MR) is 93.3 cm³/mol. The number of phosphoric ester groups is 1. The fourth-order valence-corrected chi connectivity index (χ4v) is 5.48. The summed E-state index contributed by atoms with van der Waals surface area (Å²) in [5, 5.41) is 20.7. The molecule has 0 saturated carbocycles. The largest absolute Gasteiger partial charge is 0.490 e. The third-order valence-corrected chi connectivity index (χ3v) is 7.48. The maximum Gasteiger partial charge on any atom is 0.490 e. The number of phosphoric acid groups is 3. The molecular weight excluding hydrogens is 479 g/mol. The van der Waals surface area contributed by atoms with Crippen LogP contribution in [0.4, 0.5) is 5.82 Å². The van der Waals surface area contributed by atoms with Crippen molar-refractivity contribution in [3.05, 3.63) is 22.7 Å². The van der Waals surface area contributed by atoms with Crippen LogP contribution >= 0.6 is 23.5 Å². The molecule has 0 aliphatic carbocycles. The zero-order chi connectivity index (χ0) is 23.1. The average Bonchev–Trinajstić information content (AvgIpc) is 2.73. The molecule has 1 aliphatic heterocycles. The van der Waals surface area contributed by atoms with Gasteiger partial charge in [0.25, 0.3) is 0 Å². The fourth-order valence-electron chi connectivity index (χ4n) is 2.45. The molecule has 1 fully saturated rings. The monoisotopic (exact) mass is 497 g/mol. The molecule has 0 amide bonds. The van der Waals surface area contributed by atoms with Crippen molar-refractivity contribution < 1.29 is 61.4 Å². The van der Waals surface area contributed by atoms with Gasteiger partial charge in [-0.1, -0.05) is 0 Å². The van der Waals surface area contributed by atoms with Crippen LogP contribution in [0.2, 0.25) is 0 Å². The number of rotatable bonds is 8. The number of aliphatic hydroxyl groups excluding tert-OH is 1. The van der Waals surface area contributed by atoms with Crippen molar-refractivity contribution >= 4 is 29.3 Å². The van der Waals surface area contributed by atoms with Gasteiger partial charge < -0.3 is 40.3 Å². The van der Waals surface area contributed by atoms with E-state index >= 15 is 0 Å². The van der Waals surface area contributed by atoms with Gasteiger partial charge in [0, 0.05) is 6.20 Å². The number of hydrogen-bond donors (Lipinski definition) is 7. The van der Waals surface area contributed by atoms with Crippen LogP contribution in [-0.2, 0) is 31.6 Å². The standard InChI is InChI=1S/C10H18N3O14P3/c1-10(16)7(14)5(25-8(10)13-3-2-6(11)12-9(13)15)4-24-29(20,21)27-30(22,23)26-28(17,18)19/h2-3,5,7-8,14,16H,4H2,1H3,(H,20,21)(H,22,23)(H2,11,12,15)(H2,17,18,19)/t5-,7+,8-,10-/m1/s1. The van der Waals surface area contributed by atoms with E-state index in [2.05, 4.69) is 18.1 Å². The van der Waals surface area contributed by atoms with Gasteiger partial charge in [0.1, 0.15) is 23.6 Å². The van der Waals surface area contributed by atoms with Crippen molar-refractivity contribution in [1.82, 2.24) is 9.55 Å². The molecule has 172 valence electrons. The van der Waals surface area contributed by atoms with Gasteiger partial charge in [-0.3, -0.25) is 9.09 Å². The second-order valence-electron chi connectivity index (χ2n) is 6.13. The van der Waals surface area contributed by atoms with E-state index in [1.807, 2.05) is 0 Å². The van der Waals surface area contributed by atoms with Crippen molar-refractivity contribution in [3.63, 3.8) is 0 Å². The van der Waals surface area contributed by atoms with E-state index in [9.17, 15) is 33.6 Å². The van der Waals surface area contributed by atoms with Crippen LogP contribution < -0.4 is 11.4 Å². The van der Waals surface area contributed by atoms with Gasteiger partial charge in [-0.05, 0) is 13.0 Å². The molecule has 20 heteroatoms. The maximum absolute atomic E-state index is 11.9. The minimum Gasteiger partial charge on any atom is -0.387 e. The van der Waals surface area contributed by atoms with Crippen LogP contribution in [-0.4, -0.2) is 63.8 Å². The lowest BCUT2D eigenvalue weighted by molar-refractivity contribution is -0.0985. The third-order valence-electron chi connectivity index (χ3n) is 3.68. The number of nitrogens with zero attached hydrogens (tertiary/aromatic N) is 2. The zero-order valence-corrected chi connectivity index (χ0v) is 17.5. The Labute approximate surface area is 167 Å². The van der Waals surface area contributed by atoms with Gasteiger partial charge in [-0.2, -0.15) is 13.6 Å². The topological polar surface area (TPSA) is 270 Å². The summed E-state index contributed by atoms with van der Waals surface area (Å²) in [6.07, 6.45) is -3.80. The lowest BCUT2D eigenvalue weighted by atomic mass is 9.96. The van der Waals surface area contributed by atoms with Crippen molar-refractivity contribution in [3.8, 4) is 0 Å². The normalized spacial score (nSPS) is 31.2. The molecule has 17 nitrogen and oxygen atoms in total. The molecule has 1 aromatic heterocycles. The molecule has 2 unspecified atom stereocenters. The number of aromatic nitrogens is 2. The van der Waals surface area contributed by atoms with Crippen LogP contribution in [0.3, 0.4) is 0 Å². The SMILES string of the molecule is C[C@@]1(O)[C@@H](O)[C@@H](COP(=O)(O)OP(=O)(O)OP(=O)(O)O)O[C@H]1n1ccc(N)nc1=O. The lowest BCUT2D eigenvalue weighted by Gasteiger charge is -2.27. The molecule has 0 aromatic carbocycles. The second kappa shape index (κ2) is 8.48. The summed E-state index contributed by atoms with van der Waals surface area (Å²) in [6, 6.07) is 1.20. The highest BCUT2D eigenvalue weighted by atomic mass is 31.3. The summed E-state index contributed by atoms with van der Waals surface area (Å²) in [7, 11) is -16.8. The number of ether oxygens (including phenoxy) is 1. The molecular formula is C10H18N3O14P3. The lowest BCUT2D eigenvalue weighted by Crippen LogP contribution is -2.46. The van der Waals surface area contributed by atoms with Crippen LogP contribution in [0, 0.1) is 0 Å². The molecule has 8 N–H and O–H groups in total. The fraction of sp³-hybridized carbons (Fsp3) is 0.600. The smallest absolute Gasteiger partial charge is 0.387 e. The Kier molecular flexibility index (Phi) is 7.14. The molecule has 1 saturated heterocycles. The number of nitrogen functional groups attached to an aromatic ring is 1. The highest BCUT2D eigenvalue weighted by Crippen LogP contribution is 2.66. The van der Waals surface area contributed by atoms with Crippen molar-refractivity contribution in [2.45, 2.75) is 31.0 Å². The Morgan fingerprint density at radius 1 is 1.23 bits per heavy atom. The first-order chi connectivity index (χ1) is 13.4. The highest BCUT2D eigenvalue weighted by molar-refractivity contribution is 7.66. The number of anilines is 1. The molecule has 0 bridgehead atoms. The second-order valence-corrected chi connectivity index (χ2v) is 10.5. The quantitative estimate of drug-likeness (QED) is 0.195. The van der Waals surface area contributed by atoms with Crippen molar-refractivity contribution in [2.75, 3.05) is 12.3 Å². The summed E-state index contributed by atoms with van der Waals surface area (Å²) in [5.74, 6) is -0.126. The molecule has 0 spiro atoms. The Bertz CT molecular complexity index is 990. The summed E-state index contributed by atoms with van der Waals surface area (Å²) in [4.78, 5) is 50.8. The van der Waals surface area contributed by atoms with E-state index in [4.69, 9.17) is 25.2 Å². The van der Waals surface area contributed by atoms with Crippen LogP contribution in [0.25, 0.3) is 0 Å². The third kappa shape index (κ3) is 6.24. The van der Waals surface area contributed by atoms with E-state index in [0.29, 0.717) is 0 Å². The summed E-state index contributed by atoms with van der Waals surface area (Å²) >= 11 is 0. The number of nitrogens with two attached hydrogens (primary N) is 1. The molecule has 30 heavy (non-hydrogen) atoms. The minimum absolute atomic E-state index is 0.126. The van der Waals surface area contributed by atoms with Crippen molar-refractivity contribution in [2.24, 2.45) is 0 Å². The molecule has 0 radical (unpaired) electrons. The van der Waals surface area contributed by atoms with Crippen molar-refractivity contribution in [1.29, 1.82) is 0 Å². The molecule has 2 heterocycles. The van der Waals surface area contributed by atoms with E-state index in [1.54, 1.807) is 0 Å². The first-order valence-electron chi connectivity index (χ1n) is 7.62. The van der Waals surface area contributed by atoms with E-state index < -0.39 is 59.8 Å². The highest BCUT2D eigenvalue weighted by Gasteiger charge is 2.54.